The second-order valence-corrected chi connectivity index (χ2v) is 3.95. The summed E-state index contributed by atoms with van der Waals surface area (Å²) in [6.45, 7) is 1.44. The van der Waals surface area contributed by atoms with Crippen molar-refractivity contribution >= 4 is 29.7 Å². The average Bonchev–Trinajstić information content (AvgIpc) is 2.35. The first kappa shape index (κ1) is 10.0. The molecule has 1 N–H and O–H groups in total. The monoisotopic (exact) mass is 203 g/mol. The summed E-state index contributed by atoms with van der Waals surface area (Å²) in [5.74, 6) is -1.64. The van der Waals surface area contributed by atoms with Crippen LogP contribution in [0.2, 0.25) is 0 Å². The minimum atomic E-state index is -1.03. The lowest BCUT2D eigenvalue weighted by Crippen LogP contribution is -2.27. The molecule has 1 unspecified atom stereocenters. The van der Waals surface area contributed by atoms with E-state index in [4.69, 9.17) is 5.11 Å². The van der Waals surface area contributed by atoms with Crippen LogP contribution in [0, 0.1) is 0 Å². The number of nitrogens with zero attached hydrogens (tertiary/aromatic N) is 1. The molecular weight excluding hydrogens is 194 g/mol. The van der Waals surface area contributed by atoms with E-state index in [2.05, 4.69) is 0 Å². The molecule has 0 aromatic rings. The van der Waals surface area contributed by atoms with Crippen LogP contribution < -0.4 is 0 Å². The molecular formula is C7H9NO4S. The van der Waals surface area contributed by atoms with E-state index in [9.17, 15) is 14.4 Å². The van der Waals surface area contributed by atoms with Gasteiger partial charge in [-0.25, -0.2) is 4.31 Å². The van der Waals surface area contributed by atoms with Crippen LogP contribution >= 0.6 is 11.9 Å². The molecule has 0 aromatic carbocycles. The molecule has 0 saturated carbocycles. The first-order valence-electron chi connectivity index (χ1n) is 3.77. The lowest BCUT2D eigenvalue weighted by Gasteiger charge is -2.14. The maximum atomic E-state index is 11.0. The summed E-state index contributed by atoms with van der Waals surface area (Å²) in [7, 11) is 0. The number of rotatable bonds is 3. The average molecular weight is 203 g/mol. The summed E-state index contributed by atoms with van der Waals surface area (Å²) in [5.41, 5.74) is 0. The fourth-order valence-electron chi connectivity index (χ4n) is 0.877. The third kappa shape index (κ3) is 2.21. The van der Waals surface area contributed by atoms with E-state index in [0.717, 1.165) is 16.3 Å². The van der Waals surface area contributed by atoms with Crippen LogP contribution in [0.15, 0.2) is 0 Å². The maximum Gasteiger partial charge on any atom is 0.318 e. The van der Waals surface area contributed by atoms with E-state index in [-0.39, 0.29) is 24.7 Å². The number of carboxylic acid groups (broad SMARTS) is 1. The Labute approximate surface area is 79.2 Å². The van der Waals surface area contributed by atoms with E-state index in [1.54, 1.807) is 0 Å². The third-order valence-corrected chi connectivity index (χ3v) is 2.75. The summed E-state index contributed by atoms with van der Waals surface area (Å²) in [5, 5.41) is 7.77. The lowest BCUT2D eigenvalue weighted by atomic mass is 10.4. The molecule has 1 aliphatic rings. The highest BCUT2D eigenvalue weighted by atomic mass is 32.2. The highest BCUT2D eigenvalue weighted by molar-refractivity contribution is 7.99. The zero-order valence-electron chi connectivity index (χ0n) is 7.02. The smallest absolute Gasteiger partial charge is 0.318 e. The Balaban J connectivity index is 2.57. The molecule has 0 radical (unpaired) electrons. The van der Waals surface area contributed by atoms with Gasteiger partial charge in [-0.05, 0) is 18.9 Å². The zero-order chi connectivity index (χ0) is 10.0. The van der Waals surface area contributed by atoms with Gasteiger partial charge in [-0.1, -0.05) is 0 Å². The Hall–Kier alpha value is -1.04. The summed E-state index contributed by atoms with van der Waals surface area (Å²) < 4.78 is 0.943. The van der Waals surface area contributed by atoms with E-state index < -0.39 is 11.2 Å². The lowest BCUT2D eigenvalue weighted by molar-refractivity contribution is -0.136. The standard InChI is InChI=1S/C7H9NO4S/c1-4(7(11)12)13-8-5(9)2-3-6(8)10/h4H,2-3H2,1H3,(H,11,12). The van der Waals surface area contributed by atoms with Crippen LogP contribution in [-0.4, -0.2) is 32.4 Å². The van der Waals surface area contributed by atoms with Gasteiger partial charge in [-0.3, -0.25) is 14.4 Å². The van der Waals surface area contributed by atoms with Gasteiger partial charge in [0.25, 0.3) is 0 Å². The predicted octanol–water partition coefficient (Wildman–Crippen LogP) is 0.257. The fourth-order valence-corrected chi connectivity index (χ4v) is 1.70. The Morgan fingerprint density at radius 1 is 1.46 bits per heavy atom. The van der Waals surface area contributed by atoms with Gasteiger partial charge in [0.15, 0.2) is 0 Å². The van der Waals surface area contributed by atoms with Crippen molar-refractivity contribution in [3.05, 3.63) is 0 Å². The van der Waals surface area contributed by atoms with Gasteiger partial charge in [-0.2, -0.15) is 0 Å². The summed E-state index contributed by atoms with van der Waals surface area (Å²) in [6.07, 6.45) is 0.385. The van der Waals surface area contributed by atoms with Crippen LogP contribution in [-0.2, 0) is 14.4 Å². The van der Waals surface area contributed by atoms with Crippen LogP contribution in [0.3, 0.4) is 0 Å². The molecule has 1 atom stereocenters. The predicted molar refractivity (Wildman–Crippen MR) is 45.8 cm³/mol. The quantitative estimate of drug-likeness (QED) is 0.526. The van der Waals surface area contributed by atoms with Crippen LogP contribution in [0.4, 0.5) is 0 Å². The number of carboxylic acids is 1. The third-order valence-electron chi connectivity index (χ3n) is 1.62. The molecule has 72 valence electrons. The highest BCUT2D eigenvalue weighted by Crippen LogP contribution is 2.24. The number of carbonyl (C=O) groups excluding carboxylic acids is 2. The summed E-state index contributed by atoms with van der Waals surface area (Å²) in [4.78, 5) is 32.5. The minimum absolute atomic E-state index is 0.193. The first-order chi connectivity index (χ1) is 6.02. The molecule has 6 heteroatoms. The molecule has 1 rings (SSSR count). The normalized spacial score (nSPS) is 19.3. The van der Waals surface area contributed by atoms with Gasteiger partial charge < -0.3 is 5.11 Å². The van der Waals surface area contributed by atoms with Crippen molar-refractivity contribution < 1.29 is 19.5 Å². The second-order valence-electron chi connectivity index (χ2n) is 2.67. The summed E-state index contributed by atoms with van der Waals surface area (Å²) >= 11 is 0.766. The Morgan fingerprint density at radius 3 is 2.31 bits per heavy atom. The van der Waals surface area contributed by atoms with Gasteiger partial charge in [-0.15, -0.1) is 0 Å². The molecule has 0 aliphatic carbocycles. The van der Waals surface area contributed by atoms with Crippen LogP contribution in [0.1, 0.15) is 19.8 Å². The molecule has 1 heterocycles. The van der Waals surface area contributed by atoms with Crippen molar-refractivity contribution in [3.8, 4) is 0 Å². The van der Waals surface area contributed by atoms with Gasteiger partial charge in [0.1, 0.15) is 5.25 Å². The van der Waals surface area contributed by atoms with Crippen LogP contribution in [0.25, 0.3) is 0 Å². The van der Waals surface area contributed by atoms with Crippen molar-refractivity contribution in [2.75, 3.05) is 0 Å². The molecule has 0 bridgehead atoms. The fraction of sp³-hybridized carbons (Fsp3) is 0.571. The Kier molecular flexibility index (Phi) is 2.92. The molecule has 1 fully saturated rings. The van der Waals surface area contributed by atoms with Crippen molar-refractivity contribution in [2.45, 2.75) is 25.0 Å². The molecule has 0 spiro atoms. The molecule has 13 heavy (non-hydrogen) atoms. The molecule has 1 saturated heterocycles. The van der Waals surface area contributed by atoms with E-state index in [1.165, 1.54) is 6.92 Å². The van der Waals surface area contributed by atoms with Crippen LogP contribution in [0.5, 0.6) is 0 Å². The molecule has 0 aromatic heterocycles. The van der Waals surface area contributed by atoms with E-state index >= 15 is 0 Å². The SMILES string of the molecule is CC(SN1C(=O)CCC1=O)C(=O)O. The summed E-state index contributed by atoms with van der Waals surface area (Å²) in [6, 6.07) is 0. The van der Waals surface area contributed by atoms with Gasteiger partial charge >= 0.3 is 5.97 Å². The molecule has 5 nitrogen and oxygen atoms in total. The number of hydrogen-bond donors (Lipinski definition) is 1. The number of hydrogen-bond acceptors (Lipinski definition) is 4. The van der Waals surface area contributed by atoms with Crippen molar-refractivity contribution in [2.24, 2.45) is 0 Å². The van der Waals surface area contributed by atoms with Crippen molar-refractivity contribution in [1.29, 1.82) is 0 Å². The zero-order valence-corrected chi connectivity index (χ0v) is 7.84. The Bertz CT molecular complexity index is 249. The van der Waals surface area contributed by atoms with Crippen molar-refractivity contribution in [1.82, 2.24) is 4.31 Å². The number of amides is 2. The maximum absolute atomic E-state index is 11.0. The highest BCUT2D eigenvalue weighted by Gasteiger charge is 2.32. The van der Waals surface area contributed by atoms with E-state index in [1.807, 2.05) is 0 Å². The van der Waals surface area contributed by atoms with Gasteiger partial charge in [0.2, 0.25) is 11.8 Å². The first-order valence-corrected chi connectivity index (χ1v) is 4.61. The van der Waals surface area contributed by atoms with Gasteiger partial charge in [0.05, 0.1) is 0 Å². The number of carbonyl (C=O) groups is 3. The largest absolute Gasteiger partial charge is 0.480 e. The molecule has 2 amide bonds. The van der Waals surface area contributed by atoms with Gasteiger partial charge in [0, 0.05) is 12.8 Å². The second kappa shape index (κ2) is 3.78. The number of aliphatic carboxylic acids is 1. The molecule has 1 aliphatic heterocycles. The van der Waals surface area contributed by atoms with E-state index in [0.29, 0.717) is 0 Å². The van der Waals surface area contributed by atoms with Crippen molar-refractivity contribution in [3.63, 3.8) is 0 Å². The Morgan fingerprint density at radius 2 is 1.92 bits per heavy atom. The topological polar surface area (TPSA) is 74.7 Å². The number of imide groups is 1. The minimum Gasteiger partial charge on any atom is -0.480 e.